The second kappa shape index (κ2) is 9.51. The monoisotopic (exact) mass is 196 g/mol. The van der Waals surface area contributed by atoms with Gasteiger partial charge in [0.05, 0.1) is 0 Å². The zero-order valence-electron chi connectivity index (χ0n) is 7.13. The maximum absolute atomic E-state index is 9.60. The Hall–Kier alpha value is -0.580. The van der Waals surface area contributed by atoms with Crippen LogP contribution < -0.4 is 0 Å². The van der Waals surface area contributed by atoms with Gasteiger partial charge in [-0.3, -0.25) is 0 Å². The van der Waals surface area contributed by atoms with Crippen molar-refractivity contribution in [2.24, 2.45) is 0 Å². The van der Waals surface area contributed by atoms with E-state index >= 15 is 0 Å². The summed E-state index contributed by atoms with van der Waals surface area (Å²) in [6, 6.07) is 0. The molecule has 0 spiro atoms. The van der Waals surface area contributed by atoms with Crippen molar-refractivity contribution in [1.29, 1.82) is 0 Å². The Morgan fingerprint density at radius 1 is 0.923 bits per heavy atom. The molecular formula is C8H13NaO4. The molecule has 13 heavy (non-hydrogen) atoms. The number of rotatable bonds is 2. The van der Waals surface area contributed by atoms with E-state index in [2.05, 4.69) is 13.2 Å². The van der Waals surface area contributed by atoms with Crippen LogP contribution in [0.15, 0.2) is 24.3 Å². The van der Waals surface area contributed by atoms with Crippen molar-refractivity contribution in [3.8, 4) is 0 Å². The van der Waals surface area contributed by atoms with E-state index in [4.69, 9.17) is 10.2 Å². The molecule has 0 bridgehead atoms. The van der Waals surface area contributed by atoms with Gasteiger partial charge >= 0.3 is 41.5 Å². The Kier molecular flexibility index (Phi) is 13.3. The van der Waals surface area contributed by atoms with Gasteiger partial charge in [-0.25, -0.2) is 9.59 Å². The maximum atomic E-state index is 9.60. The number of hydrogen-bond acceptors (Lipinski definition) is 2. The molecule has 70 valence electrons. The van der Waals surface area contributed by atoms with Crippen LogP contribution in [0, 0.1) is 0 Å². The molecule has 0 aliphatic heterocycles. The predicted molar refractivity (Wildman–Crippen MR) is 52.0 cm³/mol. The van der Waals surface area contributed by atoms with Gasteiger partial charge in [-0.15, -0.1) is 0 Å². The van der Waals surface area contributed by atoms with Crippen LogP contribution in [-0.2, 0) is 9.59 Å². The fourth-order valence-corrected chi connectivity index (χ4v) is 0. The average molecular weight is 196 g/mol. The van der Waals surface area contributed by atoms with Crippen molar-refractivity contribution in [2.75, 3.05) is 0 Å². The third-order valence-corrected chi connectivity index (χ3v) is 0.730. The van der Waals surface area contributed by atoms with Gasteiger partial charge in [0.1, 0.15) is 0 Å². The quantitative estimate of drug-likeness (QED) is 0.502. The van der Waals surface area contributed by atoms with E-state index in [0.717, 1.165) is 0 Å². The van der Waals surface area contributed by atoms with Crippen molar-refractivity contribution in [3.63, 3.8) is 0 Å². The second-order valence-corrected chi connectivity index (χ2v) is 2.17. The molecule has 0 atom stereocenters. The van der Waals surface area contributed by atoms with Crippen molar-refractivity contribution in [3.05, 3.63) is 24.3 Å². The molecule has 0 aromatic heterocycles. The van der Waals surface area contributed by atoms with Gasteiger partial charge in [0.2, 0.25) is 0 Å². The van der Waals surface area contributed by atoms with Crippen LogP contribution in [0.1, 0.15) is 13.8 Å². The van der Waals surface area contributed by atoms with Crippen molar-refractivity contribution < 1.29 is 19.8 Å². The molecule has 0 aliphatic rings. The number of carboxylic acids is 2. The zero-order chi connectivity index (χ0) is 10.3. The second-order valence-electron chi connectivity index (χ2n) is 2.17. The van der Waals surface area contributed by atoms with Crippen LogP contribution in [-0.4, -0.2) is 51.7 Å². The summed E-state index contributed by atoms with van der Waals surface area (Å²) in [5, 5.41) is 15.8. The molecule has 0 heterocycles. The predicted octanol–water partition coefficient (Wildman–Crippen LogP) is 0.646. The van der Waals surface area contributed by atoms with Crippen molar-refractivity contribution in [2.45, 2.75) is 13.8 Å². The summed E-state index contributed by atoms with van der Waals surface area (Å²) in [5.41, 5.74) is 0.352. The third kappa shape index (κ3) is 18.4. The molecule has 0 aliphatic carbocycles. The molecule has 0 fully saturated rings. The minimum atomic E-state index is -0.935. The van der Waals surface area contributed by atoms with E-state index in [9.17, 15) is 9.59 Å². The summed E-state index contributed by atoms with van der Waals surface area (Å²) in [5.74, 6) is -1.87. The molecule has 5 heteroatoms. The van der Waals surface area contributed by atoms with E-state index in [1.54, 1.807) is 0 Å². The Bertz CT molecular complexity index is 172. The fourth-order valence-electron chi connectivity index (χ4n) is 0. The summed E-state index contributed by atoms with van der Waals surface area (Å²) >= 11 is 0. The van der Waals surface area contributed by atoms with Gasteiger partial charge < -0.3 is 10.2 Å². The molecule has 0 saturated carbocycles. The average Bonchev–Trinajstić information content (AvgIpc) is 1.88. The molecule has 0 aromatic carbocycles. The molecular weight excluding hydrogens is 183 g/mol. The molecule has 0 radical (unpaired) electrons. The molecule has 4 nitrogen and oxygen atoms in total. The van der Waals surface area contributed by atoms with Crippen LogP contribution in [0.2, 0.25) is 0 Å². The van der Waals surface area contributed by atoms with Crippen LogP contribution in [0.25, 0.3) is 0 Å². The van der Waals surface area contributed by atoms with Gasteiger partial charge in [-0.05, 0) is 13.8 Å². The zero-order valence-corrected chi connectivity index (χ0v) is 7.13. The Labute approximate surface area is 99.2 Å². The summed E-state index contributed by atoms with van der Waals surface area (Å²) < 4.78 is 0. The van der Waals surface area contributed by atoms with E-state index in [-0.39, 0.29) is 40.7 Å². The van der Waals surface area contributed by atoms with Gasteiger partial charge in [-0.2, -0.15) is 0 Å². The van der Waals surface area contributed by atoms with Crippen LogP contribution in [0.4, 0.5) is 0 Å². The number of hydrogen-bond donors (Lipinski definition) is 2. The van der Waals surface area contributed by atoms with Gasteiger partial charge in [0.25, 0.3) is 0 Å². The summed E-state index contributed by atoms with van der Waals surface area (Å²) in [7, 11) is 0. The van der Waals surface area contributed by atoms with Gasteiger partial charge in [0, 0.05) is 11.1 Å². The first-order chi connectivity index (χ1) is 5.29. The van der Waals surface area contributed by atoms with Gasteiger partial charge in [0.15, 0.2) is 0 Å². The van der Waals surface area contributed by atoms with Crippen LogP contribution in [0.5, 0.6) is 0 Å². The first-order valence-corrected chi connectivity index (χ1v) is 3.06. The van der Waals surface area contributed by atoms with E-state index in [1.165, 1.54) is 13.8 Å². The van der Waals surface area contributed by atoms with E-state index in [0.29, 0.717) is 0 Å². The first-order valence-electron chi connectivity index (χ1n) is 3.06. The topological polar surface area (TPSA) is 74.6 Å². The number of carbonyl (C=O) groups is 2. The molecule has 0 amide bonds. The Morgan fingerprint density at radius 3 is 1.00 bits per heavy atom. The number of aliphatic carboxylic acids is 2. The first kappa shape index (κ1) is 18.3. The van der Waals surface area contributed by atoms with Crippen molar-refractivity contribution in [1.82, 2.24) is 0 Å². The number of carboxylic acid groups (broad SMARTS) is 2. The fraction of sp³-hybridized carbons (Fsp3) is 0.250. The third-order valence-electron chi connectivity index (χ3n) is 0.730. The summed E-state index contributed by atoms with van der Waals surface area (Å²) in [6.07, 6.45) is 0. The molecule has 2 N–H and O–H groups in total. The summed E-state index contributed by atoms with van der Waals surface area (Å²) in [6.45, 7) is 9.20. The summed E-state index contributed by atoms with van der Waals surface area (Å²) in [4.78, 5) is 19.2. The van der Waals surface area contributed by atoms with E-state index in [1.807, 2.05) is 0 Å². The SMILES string of the molecule is C=C(C)C(=O)O.C=C(C)C(=O)O.[NaH]. The Balaban J connectivity index is -0.000000143. The standard InChI is InChI=1S/2C4H6O2.Na.H/c2*1-3(2)4(5)6;;/h2*1H2,2H3,(H,5,6);;. The molecule has 0 rings (SSSR count). The van der Waals surface area contributed by atoms with Crippen LogP contribution >= 0.6 is 0 Å². The minimum absolute atomic E-state index is 0. The van der Waals surface area contributed by atoms with Crippen LogP contribution in [0.3, 0.4) is 0 Å². The normalized spacial score (nSPS) is 6.92. The molecule has 0 saturated heterocycles. The van der Waals surface area contributed by atoms with Crippen molar-refractivity contribution >= 4 is 41.5 Å². The van der Waals surface area contributed by atoms with Gasteiger partial charge in [-0.1, -0.05) is 13.2 Å². The molecule has 0 aromatic rings. The Morgan fingerprint density at radius 2 is 1.00 bits per heavy atom. The molecule has 0 unspecified atom stereocenters. The van der Waals surface area contributed by atoms with E-state index < -0.39 is 11.9 Å².